The van der Waals surface area contributed by atoms with Gasteiger partial charge in [-0.15, -0.1) is 0 Å². The van der Waals surface area contributed by atoms with Crippen LogP contribution in [-0.4, -0.2) is 33.9 Å². The number of rotatable bonds is 6. The highest BCUT2D eigenvalue weighted by Crippen LogP contribution is 2.12. The van der Waals surface area contributed by atoms with E-state index in [1.807, 2.05) is 0 Å². The van der Waals surface area contributed by atoms with Crippen molar-refractivity contribution in [3.63, 3.8) is 0 Å². The van der Waals surface area contributed by atoms with Crippen molar-refractivity contribution in [1.29, 1.82) is 0 Å². The molecule has 0 spiro atoms. The molecule has 0 fully saturated rings. The van der Waals surface area contributed by atoms with E-state index in [0.29, 0.717) is 0 Å². The zero-order valence-corrected chi connectivity index (χ0v) is 9.02. The summed E-state index contributed by atoms with van der Waals surface area (Å²) in [5.41, 5.74) is -0.628. The first-order valence-electron chi connectivity index (χ1n) is 4.51. The van der Waals surface area contributed by atoms with Crippen molar-refractivity contribution in [2.24, 2.45) is 0 Å². The fraction of sp³-hybridized carbons (Fsp3) is 0.778. The maximum atomic E-state index is 10.6. The predicted octanol–water partition coefficient (Wildman–Crippen LogP) is 1.05. The van der Waals surface area contributed by atoms with Crippen molar-refractivity contribution in [3.8, 4) is 0 Å². The molecular weight excluding hydrogens is 204 g/mol. The summed E-state index contributed by atoms with van der Waals surface area (Å²) in [7, 11) is 0. The molecule has 1 atom stereocenters. The Morgan fingerprint density at radius 3 is 2.13 bits per heavy atom. The molecule has 0 heterocycles. The SMILES string of the molecule is CC(C)(C)OOC(CCC(=O)O)C(=O)O. The van der Waals surface area contributed by atoms with Crippen molar-refractivity contribution in [1.82, 2.24) is 0 Å². The van der Waals surface area contributed by atoms with E-state index in [9.17, 15) is 9.59 Å². The summed E-state index contributed by atoms with van der Waals surface area (Å²) < 4.78 is 0. The number of hydrogen-bond donors (Lipinski definition) is 2. The first-order valence-corrected chi connectivity index (χ1v) is 4.51. The minimum Gasteiger partial charge on any atom is -0.481 e. The Kier molecular flexibility index (Phi) is 5.24. The number of carboxylic acid groups (broad SMARTS) is 2. The van der Waals surface area contributed by atoms with Crippen LogP contribution in [0.3, 0.4) is 0 Å². The Bertz CT molecular complexity index is 229. The lowest BCUT2D eigenvalue weighted by atomic mass is 10.2. The molecule has 0 rings (SSSR count). The van der Waals surface area contributed by atoms with E-state index in [2.05, 4.69) is 4.89 Å². The third-order valence-electron chi connectivity index (χ3n) is 1.31. The van der Waals surface area contributed by atoms with Gasteiger partial charge in [0.25, 0.3) is 0 Å². The maximum Gasteiger partial charge on any atom is 0.336 e. The molecule has 6 heteroatoms. The van der Waals surface area contributed by atoms with Crippen LogP contribution in [0.1, 0.15) is 33.6 Å². The molecule has 6 nitrogen and oxygen atoms in total. The van der Waals surface area contributed by atoms with Gasteiger partial charge in [-0.25, -0.2) is 14.6 Å². The Morgan fingerprint density at radius 1 is 1.27 bits per heavy atom. The Labute approximate surface area is 87.7 Å². The third kappa shape index (κ3) is 7.90. The van der Waals surface area contributed by atoms with Gasteiger partial charge in [0.2, 0.25) is 0 Å². The van der Waals surface area contributed by atoms with Crippen molar-refractivity contribution < 1.29 is 29.6 Å². The van der Waals surface area contributed by atoms with Crippen molar-refractivity contribution in [2.75, 3.05) is 0 Å². The lowest BCUT2D eigenvalue weighted by Crippen LogP contribution is -2.30. The number of carboxylic acids is 2. The van der Waals surface area contributed by atoms with E-state index in [-0.39, 0.29) is 12.8 Å². The lowest BCUT2D eigenvalue weighted by Gasteiger charge is -2.20. The van der Waals surface area contributed by atoms with Crippen LogP contribution in [0, 0.1) is 0 Å². The number of hydrogen-bond acceptors (Lipinski definition) is 4. The summed E-state index contributed by atoms with van der Waals surface area (Å²) in [5.74, 6) is -2.30. The highest BCUT2D eigenvalue weighted by Gasteiger charge is 2.23. The van der Waals surface area contributed by atoms with Gasteiger partial charge in [0, 0.05) is 6.42 Å². The predicted molar refractivity (Wildman–Crippen MR) is 50.2 cm³/mol. The van der Waals surface area contributed by atoms with Crippen LogP contribution >= 0.6 is 0 Å². The summed E-state index contributed by atoms with van der Waals surface area (Å²) in [4.78, 5) is 30.3. The molecule has 0 radical (unpaired) electrons. The van der Waals surface area contributed by atoms with Crippen molar-refractivity contribution >= 4 is 11.9 Å². The fourth-order valence-electron chi connectivity index (χ4n) is 0.670. The molecule has 15 heavy (non-hydrogen) atoms. The van der Waals surface area contributed by atoms with Gasteiger partial charge in [-0.1, -0.05) is 0 Å². The van der Waals surface area contributed by atoms with E-state index in [1.165, 1.54) is 0 Å². The van der Waals surface area contributed by atoms with Crippen LogP contribution in [0.2, 0.25) is 0 Å². The summed E-state index contributed by atoms with van der Waals surface area (Å²) >= 11 is 0. The monoisotopic (exact) mass is 220 g/mol. The second-order valence-electron chi connectivity index (χ2n) is 4.05. The normalized spacial score (nSPS) is 13.5. The molecule has 2 N–H and O–H groups in total. The maximum absolute atomic E-state index is 10.6. The topological polar surface area (TPSA) is 93.1 Å². The molecule has 0 aliphatic rings. The number of carbonyl (C=O) groups is 2. The first-order chi connectivity index (χ1) is 6.72. The molecule has 0 aliphatic carbocycles. The second kappa shape index (κ2) is 5.67. The second-order valence-corrected chi connectivity index (χ2v) is 4.05. The van der Waals surface area contributed by atoms with Gasteiger partial charge in [-0.2, -0.15) is 0 Å². The average Bonchev–Trinajstić information content (AvgIpc) is 2.00. The van der Waals surface area contributed by atoms with Gasteiger partial charge in [0.1, 0.15) is 0 Å². The van der Waals surface area contributed by atoms with Crippen molar-refractivity contribution in [2.45, 2.75) is 45.3 Å². The largest absolute Gasteiger partial charge is 0.481 e. The molecule has 0 saturated heterocycles. The zero-order chi connectivity index (χ0) is 12.1. The van der Waals surface area contributed by atoms with Gasteiger partial charge in [0.15, 0.2) is 6.10 Å². The smallest absolute Gasteiger partial charge is 0.336 e. The van der Waals surface area contributed by atoms with Gasteiger partial charge in [0.05, 0.1) is 5.60 Å². The highest BCUT2D eigenvalue weighted by atomic mass is 17.2. The van der Waals surface area contributed by atoms with Gasteiger partial charge < -0.3 is 10.2 Å². The molecule has 88 valence electrons. The van der Waals surface area contributed by atoms with Gasteiger partial charge in [-0.05, 0) is 27.2 Å². The lowest BCUT2D eigenvalue weighted by molar-refractivity contribution is -0.368. The molecular formula is C9H16O6. The Hall–Kier alpha value is -1.14. The Morgan fingerprint density at radius 2 is 1.80 bits per heavy atom. The van der Waals surface area contributed by atoms with Crippen molar-refractivity contribution in [3.05, 3.63) is 0 Å². The molecule has 0 aromatic heterocycles. The van der Waals surface area contributed by atoms with Crippen LogP contribution in [0.15, 0.2) is 0 Å². The first kappa shape index (κ1) is 13.9. The third-order valence-corrected chi connectivity index (χ3v) is 1.31. The molecule has 1 unspecified atom stereocenters. The van der Waals surface area contributed by atoms with Crippen LogP contribution in [-0.2, 0) is 19.4 Å². The standard InChI is InChI=1S/C9H16O6/c1-9(2,3)15-14-6(8(12)13)4-5-7(10)11/h6H,4-5H2,1-3H3,(H,10,11)(H,12,13). The van der Waals surface area contributed by atoms with Crippen LogP contribution in [0.4, 0.5) is 0 Å². The van der Waals surface area contributed by atoms with Crippen LogP contribution < -0.4 is 0 Å². The highest BCUT2D eigenvalue weighted by molar-refractivity contribution is 5.73. The molecule has 0 bridgehead atoms. The van der Waals surface area contributed by atoms with E-state index >= 15 is 0 Å². The average molecular weight is 220 g/mol. The zero-order valence-electron chi connectivity index (χ0n) is 9.02. The van der Waals surface area contributed by atoms with Gasteiger partial charge >= 0.3 is 11.9 Å². The fourth-order valence-corrected chi connectivity index (χ4v) is 0.670. The quantitative estimate of drug-likeness (QED) is 0.513. The minimum absolute atomic E-state index is 0.124. The van der Waals surface area contributed by atoms with E-state index in [1.54, 1.807) is 20.8 Å². The number of aliphatic carboxylic acids is 2. The van der Waals surface area contributed by atoms with Crippen LogP contribution in [0.5, 0.6) is 0 Å². The Balaban J connectivity index is 4.06. The van der Waals surface area contributed by atoms with E-state index in [0.717, 1.165) is 0 Å². The molecule has 0 aromatic rings. The van der Waals surface area contributed by atoms with E-state index in [4.69, 9.17) is 15.1 Å². The van der Waals surface area contributed by atoms with E-state index < -0.39 is 23.6 Å². The van der Waals surface area contributed by atoms with Gasteiger partial charge in [-0.3, -0.25) is 4.79 Å². The molecule has 0 amide bonds. The minimum atomic E-state index is -1.25. The summed E-state index contributed by atoms with van der Waals surface area (Å²) in [5, 5.41) is 17.1. The molecule has 0 aromatic carbocycles. The van der Waals surface area contributed by atoms with Crippen LogP contribution in [0.25, 0.3) is 0 Å². The molecule has 0 aliphatic heterocycles. The summed E-state index contributed by atoms with van der Waals surface area (Å²) in [6.07, 6.45) is -1.65. The molecule has 0 saturated carbocycles. The summed E-state index contributed by atoms with van der Waals surface area (Å²) in [6.45, 7) is 5.09. The summed E-state index contributed by atoms with van der Waals surface area (Å²) in [6, 6.07) is 0.